The lowest BCUT2D eigenvalue weighted by molar-refractivity contribution is -0.120. The number of hydrogen-bond donors (Lipinski definition) is 2. The molecule has 30 heavy (non-hydrogen) atoms. The first-order chi connectivity index (χ1) is 14.6. The number of piperidine rings is 1. The van der Waals surface area contributed by atoms with Crippen LogP contribution in [0.25, 0.3) is 22.2 Å². The number of hydrogen-bond acceptors (Lipinski definition) is 7. The van der Waals surface area contributed by atoms with Crippen molar-refractivity contribution < 1.29 is 9.53 Å². The van der Waals surface area contributed by atoms with Crippen LogP contribution in [0.4, 0.5) is 10.7 Å². The molecule has 0 bridgehead atoms. The number of methoxy groups -OCH3 is 1. The number of carbonyl (C=O) groups is 1. The van der Waals surface area contributed by atoms with Crippen molar-refractivity contribution in [3.63, 3.8) is 0 Å². The van der Waals surface area contributed by atoms with Crippen molar-refractivity contribution in [2.75, 3.05) is 37.4 Å². The molecule has 1 saturated heterocycles. The number of carbonyl (C=O) groups excluding carboxylic acids is 1. The number of nitrogens with one attached hydrogen (secondary N) is 1. The number of pyridine rings is 1. The minimum Gasteiger partial charge on any atom is -0.495 e. The molecule has 1 unspecified atom stereocenters. The summed E-state index contributed by atoms with van der Waals surface area (Å²) in [5.74, 6) is 1.22. The Hall–Kier alpha value is -2.87. The SMILES string of the molecule is CCC(=O)NCC1CCCN(c2snc3cc(-c4ccc(N)c(OC)c4)cnc23)C1. The highest BCUT2D eigenvalue weighted by Crippen LogP contribution is 2.35. The summed E-state index contributed by atoms with van der Waals surface area (Å²) in [4.78, 5) is 18.7. The van der Waals surface area contributed by atoms with Crippen molar-refractivity contribution in [2.24, 2.45) is 5.92 Å². The van der Waals surface area contributed by atoms with Crippen molar-refractivity contribution in [3.8, 4) is 16.9 Å². The van der Waals surface area contributed by atoms with Crippen LogP contribution in [-0.2, 0) is 4.79 Å². The van der Waals surface area contributed by atoms with Gasteiger partial charge in [0, 0.05) is 37.8 Å². The number of nitrogens with two attached hydrogens (primary N) is 1. The predicted octanol–water partition coefficient (Wildman–Crippen LogP) is 3.69. The van der Waals surface area contributed by atoms with Crippen LogP contribution in [0.1, 0.15) is 26.2 Å². The van der Waals surface area contributed by atoms with E-state index in [9.17, 15) is 4.79 Å². The van der Waals surface area contributed by atoms with Gasteiger partial charge in [-0.15, -0.1) is 0 Å². The lowest BCUT2D eigenvalue weighted by Crippen LogP contribution is -2.40. The Morgan fingerprint density at radius 3 is 3.03 bits per heavy atom. The van der Waals surface area contributed by atoms with E-state index < -0.39 is 0 Å². The Balaban J connectivity index is 1.54. The summed E-state index contributed by atoms with van der Waals surface area (Å²) < 4.78 is 10.0. The Labute approximate surface area is 180 Å². The van der Waals surface area contributed by atoms with Crippen molar-refractivity contribution in [2.45, 2.75) is 26.2 Å². The van der Waals surface area contributed by atoms with E-state index in [1.54, 1.807) is 7.11 Å². The van der Waals surface area contributed by atoms with Crippen molar-refractivity contribution in [1.82, 2.24) is 14.7 Å². The molecule has 158 valence electrons. The number of nitrogen functional groups attached to an aromatic ring is 1. The molecule has 8 heteroatoms. The molecule has 1 aliphatic rings. The van der Waals surface area contributed by atoms with Crippen LogP contribution >= 0.6 is 11.5 Å². The third kappa shape index (κ3) is 4.18. The summed E-state index contributed by atoms with van der Waals surface area (Å²) in [6.07, 6.45) is 4.65. The molecule has 3 aromatic rings. The lowest BCUT2D eigenvalue weighted by Gasteiger charge is -2.33. The largest absolute Gasteiger partial charge is 0.495 e. The zero-order valence-electron chi connectivity index (χ0n) is 17.4. The number of ether oxygens (including phenoxy) is 1. The molecule has 1 aliphatic heterocycles. The van der Waals surface area contributed by atoms with Gasteiger partial charge in [0.2, 0.25) is 5.91 Å². The Bertz CT molecular complexity index is 1050. The Morgan fingerprint density at radius 1 is 1.37 bits per heavy atom. The molecule has 4 rings (SSSR count). The summed E-state index contributed by atoms with van der Waals surface area (Å²) in [6.45, 7) is 4.52. The first kappa shape index (κ1) is 20.4. The smallest absolute Gasteiger partial charge is 0.219 e. The molecule has 2 aromatic heterocycles. The van der Waals surface area contributed by atoms with Crippen LogP contribution in [0.15, 0.2) is 30.5 Å². The standard InChI is InChI=1S/C22H27N5O2S/c1-3-20(28)24-11-14-5-4-8-27(13-14)22-21-18(26-30-22)9-16(12-25-21)15-6-7-17(23)19(10-15)29-2/h6-7,9-10,12,14H,3-5,8,11,13,23H2,1-2H3,(H,24,28). The third-order valence-corrected chi connectivity index (χ3v) is 6.50. The van der Waals surface area contributed by atoms with E-state index in [2.05, 4.69) is 20.7 Å². The summed E-state index contributed by atoms with van der Waals surface area (Å²) in [6, 6.07) is 7.80. The summed E-state index contributed by atoms with van der Waals surface area (Å²) in [5.41, 5.74) is 10.3. The molecule has 3 N–H and O–H groups in total. The second-order valence-corrected chi connectivity index (χ2v) is 8.40. The highest BCUT2D eigenvalue weighted by Gasteiger charge is 2.24. The lowest BCUT2D eigenvalue weighted by atomic mass is 9.98. The molecule has 0 radical (unpaired) electrons. The number of benzene rings is 1. The average molecular weight is 426 g/mol. The first-order valence-electron chi connectivity index (χ1n) is 10.3. The molecule has 1 aromatic carbocycles. The van der Waals surface area contributed by atoms with E-state index in [0.717, 1.165) is 59.6 Å². The van der Waals surface area contributed by atoms with E-state index >= 15 is 0 Å². The molecular formula is C22H27N5O2S. The number of anilines is 2. The van der Waals surface area contributed by atoms with Gasteiger partial charge < -0.3 is 20.7 Å². The Morgan fingerprint density at radius 2 is 2.23 bits per heavy atom. The molecule has 0 saturated carbocycles. The van der Waals surface area contributed by atoms with E-state index in [4.69, 9.17) is 15.5 Å². The fourth-order valence-corrected chi connectivity index (χ4v) is 4.73. The molecule has 1 amide bonds. The van der Waals surface area contributed by atoms with Crippen LogP contribution in [0.5, 0.6) is 5.75 Å². The van der Waals surface area contributed by atoms with E-state index in [-0.39, 0.29) is 5.91 Å². The van der Waals surface area contributed by atoms with Gasteiger partial charge in [0.15, 0.2) is 0 Å². The number of rotatable bonds is 6. The monoisotopic (exact) mass is 425 g/mol. The van der Waals surface area contributed by atoms with Gasteiger partial charge in [-0.05, 0) is 54.1 Å². The van der Waals surface area contributed by atoms with E-state index in [1.165, 1.54) is 11.5 Å². The highest BCUT2D eigenvalue weighted by atomic mass is 32.1. The number of fused-ring (bicyclic) bond motifs is 1. The van der Waals surface area contributed by atoms with E-state index in [0.29, 0.717) is 23.8 Å². The van der Waals surface area contributed by atoms with Gasteiger partial charge in [-0.3, -0.25) is 9.78 Å². The maximum atomic E-state index is 11.6. The number of aromatic nitrogens is 2. The molecule has 0 spiro atoms. The number of nitrogens with zero attached hydrogens (tertiary/aromatic N) is 3. The first-order valence-corrected chi connectivity index (χ1v) is 11.1. The minimum atomic E-state index is 0.115. The van der Waals surface area contributed by atoms with Gasteiger partial charge in [0.05, 0.1) is 12.8 Å². The van der Waals surface area contributed by atoms with Gasteiger partial charge >= 0.3 is 0 Å². The third-order valence-electron chi connectivity index (χ3n) is 5.58. The number of amides is 1. The topological polar surface area (TPSA) is 93.4 Å². The van der Waals surface area contributed by atoms with Gasteiger partial charge in [-0.2, -0.15) is 4.37 Å². The maximum Gasteiger partial charge on any atom is 0.219 e. The zero-order chi connectivity index (χ0) is 21.1. The van der Waals surface area contributed by atoms with E-state index in [1.807, 2.05) is 31.3 Å². The molecule has 1 fully saturated rings. The van der Waals surface area contributed by atoms with Crippen molar-refractivity contribution >= 4 is 39.2 Å². The Kier molecular flexibility index (Phi) is 6.03. The average Bonchev–Trinajstić information content (AvgIpc) is 3.21. The van der Waals surface area contributed by atoms with Gasteiger partial charge in [-0.1, -0.05) is 13.0 Å². The fraction of sp³-hybridized carbons (Fsp3) is 0.409. The minimum absolute atomic E-state index is 0.115. The van der Waals surface area contributed by atoms with Crippen LogP contribution in [-0.4, -0.2) is 42.0 Å². The summed E-state index contributed by atoms with van der Waals surface area (Å²) >= 11 is 1.50. The van der Waals surface area contributed by atoms with Crippen LogP contribution in [0, 0.1) is 5.92 Å². The quantitative estimate of drug-likeness (QED) is 0.585. The van der Waals surface area contributed by atoms with Gasteiger partial charge in [0.1, 0.15) is 21.8 Å². The molecule has 0 aliphatic carbocycles. The fourth-order valence-electron chi connectivity index (χ4n) is 3.88. The normalized spacial score (nSPS) is 16.6. The van der Waals surface area contributed by atoms with Gasteiger partial charge in [-0.25, -0.2) is 0 Å². The van der Waals surface area contributed by atoms with Crippen LogP contribution < -0.4 is 20.7 Å². The highest BCUT2D eigenvalue weighted by molar-refractivity contribution is 7.11. The van der Waals surface area contributed by atoms with Crippen molar-refractivity contribution in [1.29, 1.82) is 0 Å². The molecular weight excluding hydrogens is 398 g/mol. The second-order valence-electron chi connectivity index (χ2n) is 7.65. The zero-order valence-corrected chi connectivity index (χ0v) is 18.2. The summed E-state index contributed by atoms with van der Waals surface area (Å²) in [7, 11) is 1.61. The molecule has 1 atom stereocenters. The predicted molar refractivity (Wildman–Crippen MR) is 122 cm³/mol. The molecule has 7 nitrogen and oxygen atoms in total. The van der Waals surface area contributed by atoms with Crippen LogP contribution in [0.3, 0.4) is 0 Å². The second kappa shape index (κ2) is 8.87. The van der Waals surface area contributed by atoms with Crippen LogP contribution in [0.2, 0.25) is 0 Å². The van der Waals surface area contributed by atoms with Gasteiger partial charge in [0.25, 0.3) is 0 Å². The summed E-state index contributed by atoms with van der Waals surface area (Å²) in [5, 5.41) is 4.14. The van der Waals surface area contributed by atoms with Crippen molar-refractivity contribution in [3.05, 3.63) is 30.5 Å². The maximum absolute atomic E-state index is 11.6. The molecule has 3 heterocycles.